The van der Waals surface area contributed by atoms with Crippen LogP contribution in [0.2, 0.25) is 0 Å². The quantitative estimate of drug-likeness (QED) is 0.662. The van der Waals surface area contributed by atoms with Gasteiger partial charge in [0.1, 0.15) is 0 Å². The molecule has 0 bridgehead atoms. The molecule has 2 aliphatic rings. The lowest BCUT2D eigenvalue weighted by molar-refractivity contribution is -0.132. The van der Waals surface area contributed by atoms with E-state index in [2.05, 4.69) is 16.0 Å². The first-order valence-corrected chi connectivity index (χ1v) is 9.87. The van der Waals surface area contributed by atoms with Gasteiger partial charge in [-0.05, 0) is 62.1 Å². The number of hydrogen-bond donors (Lipinski definition) is 3. The summed E-state index contributed by atoms with van der Waals surface area (Å²) in [6, 6.07) is 17.9. The highest BCUT2D eigenvalue weighted by Crippen LogP contribution is 2.29. The predicted molar refractivity (Wildman–Crippen MR) is 111 cm³/mol. The topological polar surface area (TPSA) is 70.2 Å². The Bertz CT molecular complexity index is 857. The average molecular weight is 375 g/mol. The third-order valence-corrected chi connectivity index (χ3v) is 5.24. The van der Waals surface area contributed by atoms with Crippen LogP contribution in [0.3, 0.4) is 0 Å². The number of allylic oxidation sites excluding steroid dienone is 2. The molecule has 2 aromatic carbocycles. The third kappa shape index (κ3) is 4.60. The van der Waals surface area contributed by atoms with Gasteiger partial charge in [0.25, 0.3) is 0 Å². The van der Waals surface area contributed by atoms with E-state index in [-0.39, 0.29) is 23.7 Å². The fraction of sp³-hybridized carbons (Fsp3) is 0.304. The van der Waals surface area contributed by atoms with E-state index >= 15 is 0 Å². The minimum Gasteiger partial charge on any atom is -0.356 e. The van der Waals surface area contributed by atoms with Crippen molar-refractivity contribution in [3.05, 3.63) is 66.7 Å². The number of para-hydroxylation sites is 1. The van der Waals surface area contributed by atoms with Gasteiger partial charge in [-0.3, -0.25) is 9.59 Å². The molecule has 2 atom stereocenters. The second kappa shape index (κ2) is 8.30. The molecule has 0 radical (unpaired) electrons. The van der Waals surface area contributed by atoms with E-state index in [0.717, 1.165) is 29.9 Å². The molecule has 0 aromatic heterocycles. The molecule has 3 N–H and O–H groups in total. The van der Waals surface area contributed by atoms with Crippen LogP contribution < -0.4 is 16.0 Å². The van der Waals surface area contributed by atoms with E-state index in [0.29, 0.717) is 18.9 Å². The summed E-state index contributed by atoms with van der Waals surface area (Å²) in [4.78, 5) is 25.3. The minimum atomic E-state index is -0.328. The van der Waals surface area contributed by atoms with Gasteiger partial charge in [-0.15, -0.1) is 0 Å². The highest BCUT2D eigenvalue weighted by atomic mass is 16.2. The number of amides is 2. The second-order valence-electron chi connectivity index (χ2n) is 7.50. The number of carbonyl (C=O) groups excluding carboxylic acids is 2. The SMILES string of the molecule is O=C(Nc1ccc(Nc2ccccc2)cc1)[C@H]1CC=CC[C@@H]1C(=O)NC1CC1. The molecule has 4 rings (SSSR count). The summed E-state index contributed by atoms with van der Waals surface area (Å²) in [6.45, 7) is 0. The predicted octanol–water partition coefficient (Wildman–Crippen LogP) is 4.23. The fourth-order valence-electron chi connectivity index (χ4n) is 3.49. The number of carbonyl (C=O) groups is 2. The lowest BCUT2D eigenvalue weighted by atomic mass is 9.81. The molecule has 28 heavy (non-hydrogen) atoms. The van der Waals surface area contributed by atoms with Crippen molar-refractivity contribution >= 4 is 28.9 Å². The average Bonchev–Trinajstić information content (AvgIpc) is 3.54. The van der Waals surface area contributed by atoms with E-state index in [1.807, 2.05) is 66.7 Å². The first-order valence-electron chi connectivity index (χ1n) is 9.87. The Hall–Kier alpha value is -3.08. The van der Waals surface area contributed by atoms with Gasteiger partial charge in [-0.2, -0.15) is 0 Å². The largest absolute Gasteiger partial charge is 0.356 e. The van der Waals surface area contributed by atoms with Crippen LogP contribution in [-0.2, 0) is 9.59 Å². The van der Waals surface area contributed by atoms with Crippen LogP contribution in [0, 0.1) is 11.8 Å². The van der Waals surface area contributed by atoms with Crippen molar-refractivity contribution in [2.24, 2.45) is 11.8 Å². The zero-order valence-corrected chi connectivity index (χ0v) is 15.7. The molecule has 5 heteroatoms. The van der Waals surface area contributed by atoms with Crippen molar-refractivity contribution in [2.75, 3.05) is 10.6 Å². The van der Waals surface area contributed by atoms with Crippen molar-refractivity contribution < 1.29 is 9.59 Å². The maximum Gasteiger partial charge on any atom is 0.228 e. The summed E-state index contributed by atoms with van der Waals surface area (Å²) < 4.78 is 0. The van der Waals surface area contributed by atoms with Gasteiger partial charge < -0.3 is 16.0 Å². The smallest absolute Gasteiger partial charge is 0.228 e. The molecule has 1 saturated carbocycles. The maximum atomic E-state index is 12.8. The molecule has 0 heterocycles. The van der Waals surface area contributed by atoms with Gasteiger partial charge in [-0.1, -0.05) is 30.4 Å². The van der Waals surface area contributed by atoms with Gasteiger partial charge in [0.15, 0.2) is 0 Å². The standard InChI is InChI=1S/C23H25N3O2/c27-22(20-8-4-5-9-21(20)23(28)26-19-14-15-19)25-18-12-10-17(11-13-18)24-16-6-2-1-3-7-16/h1-7,10-13,19-21,24H,8-9,14-15H2,(H,25,27)(H,26,28)/t20-,21-/m0/s1. The molecule has 0 unspecified atom stereocenters. The van der Waals surface area contributed by atoms with Crippen LogP contribution in [0.4, 0.5) is 17.1 Å². The summed E-state index contributed by atoms with van der Waals surface area (Å²) >= 11 is 0. The van der Waals surface area contributed by atoms with Crippen LogP contribution in [0.15, 0.2) is 66.7 Å². The number of anilines is 3. The second-order valence-corrected chi connectivity index (χ2v) is 7.50. The highest BCUT2D eigenvalue weighted by Gasteiger charge is 2.36. The number of nitrogens with one attached hydrogen (secondary N) is 3. The lowest BCUT2D eigenvalue weighted by Gasteiger charge is -2.26. The number of rotatable bonds is 6. The summed E-state index contributed by atoms with van der Waals surface area (Å²) in [5.74, 6) is -0.700. The van der Waals surface area contributed by atoms with Crippen molar-refractivity contribution in [2.45, 2.75) is 31.7 Å². The molecule has 0 aliphatic heterocycles. The van der Waals surface area contributed by atoms with E-state index in [1.165, 1.54) is 0 Å². The van der Waals surface area contributed by atoms with Gasteiger partial charge in [0, 0.05) is 23.1 Å². The van der Waals surface area contributed by atoms with E-state index in [1.54, 1.807) is 0 Å². The Morgan fingerprint density at radius 3 is 1.93 bits per heavy atom. The minimum absolute atomic E-state index is 0.00871. The van der Waals surface area contributed by atoms with E-state index < -0.39 is 0 Å². The van der Waals surface area contributed by atoms with Crippen LogP contribution in [-0.4, -0.2) is 17.9 Å². The molecule has 0 saturated heterocycles. The maximum absolute atomic E-state index is 12.8. The molecule has 2 aliphatic carbocycles. The van der Waals surface area contributed by atoms with Crippen LogP contribution in [0.5, 0.6) is 0 Å². The molecule has 1 fully saturated rings. The van der Waals surface area contributed by atoms with E-state index in [4.69, 9.17) is 0 Å². The Kier molecular flexibility index (Phi) is 5.42. The van der Waals surface area contributed by atoms with Crippen molar-refractivity contribution in [1.82, 2.24) is 5.32 Å². The molecular weight excluding hydrogens is 350 g/mol. The Morgan fingerprint density at radius 2 is 1.29 bits per heavy atom. The summed E-state index contributed by atoms with van der Waals surface area (Å²) in [7, 11) is 0. The molecule has 0 spiro atoms. The summed E-state index contributed by atoms with van der Waals surface area (Å²) in [6.07, 6.45) is 7.32. The fourth-order valence-corrected chi connectivity index (χ4v) is 3.49. The van der Waals surface area contributed by atoms with Crippen LogP contribution >= 0.6 is 0 Å². The summed E-state index contributed by atoms with van der Waals surface area (Å²) in [5, 5.41) is 9.34. The first kappa shape index (κ1) is 18.3. The number of hydrogen-bond acceptors (Lipinski definition) is 3. The monoisotopic (exact) mass is 375 g/mol. The van der Waals surface area contributed by atoms with Crippen molar-refractivity contribution in [3.8, 4) is 0 Å². The Labute approximate surface area is 165 Å². The van der Waals surface area contributed by atoms with E-state index in [9.17, 15) is 9.59 Å². The lowest BCUT2D eigenvalue weighted by Crippen LogP contribution is -2.41. The first-order chi connectivity index (χ1) is 13.7. The molecular formula is C23H25N3O2. The molecule has 2 amide bonds. The third-order valence-electron chi connectivity index (χ3n) is 5.24. The molecule has 144 valence electrons. The highest BCUT2D eigenvalue weighted by molar-refractivity contribution is 5.96. The molecule has 5 nitrogen and oxygen atoms in total. The van der Waals surface area contributed by atoms with Crippen molar-refractivity contribution in [1.29, 1.82) is 0 Å². The van der Waals surface area contributed by atoms with Gasteiger partial charge in [0.2, 0.25) is 11.8 Å². The summed E-state index contributed by atoms with van der Waals surface area (Å²) in [5.41, 5.74) is 2.70. The zero-order valence-electron chi connectivity index (χ0n) is 15.7. The number of benzene rings is 2. The van der Waals surface area contributed by atoms with Gasteiger partial charge in [0.05, 0.1) is 11.8 Å². The Balaban J connectivity index is 1.37. The zero-order chi connectivity index (χ0) is 19.3. The normalized spacial score (nSPS) is 21.0. The van der Waals surface area contributed by atoms with Crippen LogP contribution in [0.25, 0.3) is 0 Å². The Morgan fingerprint density at radius 1 is 0.714 bits per heavy atom. The van der Waals surface area contributed by atoms with Crippen molar-refractivity contribution in [3.63, 3.8) is 0 Å². The van der Waals surface area contributed by atoms with Crippen LogP contribution in [0.1, 0.15) is 25.7 Å². The van der Waals surface area contributed by atoms with Gasteiger partial charge in [-0.25, -0.2) is 0 Å². The molecule has 2 aromatic rings. The van der Waals surface area contributed by atoms with Gasteiger partial charge >= 0.3 is 0 Å².